The average molecular weight is 175 g/mol. The van der Waals surface area contributed by atoms with Crippen molar-refractivity contribution in [3.8, 4) is 0 Å². The van der Waals surface area contributed by atoms with E-state index < -0.39 is 0 Å². The van der Waals surface area contributed by atoms with Gasteiger partial charge >= 0.3 is 0 Å². The number of nitrogens with zero attached hydrogens (tertiary/aromatic N) is 1. The number of benzene rings is 1. The predicted molar refractivity (Wildman–Crippen MR) is 60.1 cm³/mol. The van der Waals surface area contributed by atoms with Crippen molar-refractivity contribution in [1.29, 1.82) is 0 Å². The molecule has 0 saturated carbocycles. The zero-order valence-electron chi connectivity index (χ0n) is 8.83. The number of rotatable bonds is 2. The molecule has 1 aromatic rings. The number of allylic oxidation sites excluding steroid dienone is 2. The first-order chi connectivity index (χ1) is 6.15. The Morgan fingerprint density at radius 2 is 1.69 bits per heavy atom. The van der Waals surface area contributed by atoms with Gasteiger partial charge in [-0.25, -0.2) is 0 Å². The van der Waals surface area contributed by atoms with E-state index in [1.165, 1.54) is 16.8 Å². The fourth-order valence-corrected chi connectivity index (χ4v) is 1.19. The van der Waals surface area contributed by atoms with E-state index in [9.17, 15) is 0 Å². The highest BCUT2D eigenvalue weighted by atomic mass is 15.1. The molecule has 0 radical (unpaired) electrons. The van der Waals surface area contributed by atoms with Crippen molar-refractivity contribution in [1.82, 2.24) is 0 Å². The molecule has 0 fully saturated rings. The van der Waals surface area contributed by atoms with Crippen LogP contribution in [0, 0.1) is 0 Å². The molecule has 1 rings (SSSR count). The summed E-state index contributed by atoms with van der Waals surface area (Å²) < 4.78 is 0. The Hall–Kier alpha value is -1.24. The number of hydrogen-bond donors (Lipinski definition) is 0. The van der Waals surface area contributed by atoms with Gasteiger partial charge in [0.25, 0.3) is 0 Å². The molecule has 0 bridgehead atoms. The maximum Gasteiger partial charge on any atom is 0.0361 e. The average Bonchev–Trinajstić information content (AvgIpc) is 2.17. The first-order valence-electron chi connectivity index (χ1n) is 4.56. The van der Waals surface area contributed by atoms with Crippen LogP contribution in [0.1, 0.15) is 19.4 Å². The highest BCUT2D eigenvalue weighted by Gasteiger charge is 1.96. The summed E-state index contributed by atoms with van der Waals surface area (Å²) in [6, 6.07) is 8.60. The van der Waals surface area contributed by atoms with Crippen LogP contribution >= 0.6 is 0 Å². The Bertz CT molecular complexity index is 293. The fourth-order valence-electron chi connectivity index (χ4n) is 1.19. The molecule has 0 aliphatic carbocycles. The van der Waals surface area contributed by atoms with E-state index in [4.69, 9.17) is 0 Å². The molecule has 1 aromatic carbocycles. The second kappa shape index (κ2) is 4.13. The SMILES string of the molecule is C/C=C(\C)c1ccc(N(C)C)cc1. The molecule has 13 heavy (non-hydrogen) atoms. The van der Waals surface area contributed by atoms with Crippen LogP contribution in [-0.2, 0) is 0 Å². The van der Waals surface area contributed by atoms with E-state index in [0.717, 1.165) is 0 Å². The lowest BCUT2D eigenvalue weighted by Gasteiger charge is -2.12. The molecule has 0 aliphatic heterocycles. The largest absolute Gasteiger partial charge is 0.378 e. The highest BCUT2D eigenvalue weighted by molar-refractivity contribution is 5.65. The maximum atomic E-state index is 2.16. The summed E-state index contributed by atoms with van der Waals surface area (Å²) in [6.45, 7) is 4.19. The number of anilines is 1. The first-order valence-corrected chi connectivity index (χ1v) is 4.56. The predicted octanol–water partition coefficient (Wildman–Crippen LogP) is 3.18. The van der Waals surface area contributed by atoms with Gasteiger partial charge in [0.1, 0.15) is 0 Å². The number of hydrogen-bond acceptors (Lipinski definition) is 1. The van der Waals surface area contributed by atoms with Gasteiger partial charge in [0.15, 0.2) is 0 Å². The summed E-state index contributed by atoms with van der Waals surface area (Å²) in [4.78, 5) is 2.11. The molecule has 0 aromatic heterocycles. The topological polar surface area (TPSA) is 3.24 Å². The van der Waals surface area contributed by atoms with Crippen LogP contribution in [0.4, 0.5) is 5.69 Å². The van der Waals surface area contributed by atoms with Gasteiger partial charge in [-0.05, 0) is 37.1 Å². The summed E-state index contributed by atoms with van der Waals surface area (Å²) in [6.07, 6.45) is 2.13. The zero-order valence-corrected chi connectivity index (χ0v) is 8.83. The molecule has 0 unspecified atom stereocenters. The Kier molecular flexibility index (Phi) is 3.13. The molecule has 1 nitrogen and oxygen atoms in total. The Morgan fingerprint density at radius 1 is 1.15 bits per heavy atom. The van der Waals surface area contributed by atoms with Gasteiger partial charge in [0.2, 0.25) is 0 Å². The monoisotopic (exact) mass is 175 g/mol. The van der Waals surface area contributed by atoms with Crippen LogP contribution in [0.15, 0.2) is 30.3 Å². The van der Waals surface area contributed by atoms with E-state index in [1.54, 1.807) is 0 Å². The minimum absolute atomic E-state index is 1.24. The summed E-state index contributed by atoms with van der Waals surface area (Å²) in [7, 11) is 4.11. The van der Waals surface area contributed by atoms with Crippen LogP contribution in [0.25, 0.3) is 5.57 Å². The van der Waals surface area contributed by atoms with Gasteiger partial charge in [-0.15, -0.1) is 0 Å². The summed E-state index contributed by atoms with van der Waals surface area (Å²) in [5.41, 5.74) is 3.87. The lowest BCUT2D eigenvalue weighted by atomic mass is 10.1. The van der Waals surface area contributed by atoms with Gasteiger partial charge in [0.05, 0.1) is 0 Å². The lowest BCUT2D eigenvalue weighted by Crippen LogP contribution is -2.08. The molecule has 0 aliphatic rings. The third-order valence-corrected chi connectivity index (χ3v) is 2.27. The van der Waals surface area contributed by atoms with Crippen molar-refractivity contribution in [3.63, 3.8) is 0 Å². The summed E-state index contributed by atoms with van der Waals surface area (Å²) in [5, 5.41) is 0. The molecule has 1 heteroatoms. The summed E-state index contributed by atoms with van der Waals surface area (Å²) in [5.74, 6) is 0. The van der Waals surface area contributed by atoms with Crippen molar-refractivity contribution >= 4 is 11.3 Å². The molecular formula is C12H17N. The van der Waals surface area contributed by atoms with Crippen LogP contribution in [0.5, 0.6) is 0 Å². The smallest absolute Gasteiger partial charge is 0.0361 e. The molecule has 0 amide bonds. The minimum atomic E-state index is 1.24. The molecule has 0 N–H and O–H groups in total. The van der Waals surface area contributed by atoms with Crippen LogP contribution in [0.3, 0.4) is 0 Å². The van der Waals surface area contributed by atoms with Crippen LogP contribution < -0.4 is 4.90 Å². The molecule has 70 valence electrons. The van der Waals surface area contributed by atoms with Gasteiger partial charge in [0, 0.05) is 19.8 Å². The van der Waals surface area contributed by atoms with E-state index in [2.05, 4.69) is 63.2 Å². The van der Waals surface area contributed by atoms with Crippen LogP contribution in [0.2, 0.25) is 0 Å². The van der Waals surface area contributed by atoms with Gasteiger partial charge < -0.3 is 4.90 Å². The molecular weight excluding hydrogens is 158 g/mol. The fraction of sp³-hybridized carbons (Fsp3) is 0.333. The van der Waals surface area contributed by atoms with E-state index in [-0.39, 0.29) is 0 Å². The minimum Gasteiger partial charge on any atom is -0.378 e. The van der Waals surface area contributed by atoms with E-state index >= 15 is 0 Å². The lowest BCUT2D eigenvalue weighted by molar-refractivity contribution is 1.13. The van der Waals surface area contributed by atoms with E-state index in [1.807, 2.05) is 0 Å². The van der Waals surface area contributed by atoms with Crippen molar-refractivity contribution in [2.75, 3.05) is 19.0 Å². The van der Waals surface area contributed by atoms with Crippen molar-refractivity contribution in [2.24, 2.45) is 0 Å². The second-order valence-electron chi connectivity index (χ2n) is 3.41. The second-order valence-corrected chi connectivity index (χ2v) is 3.41. The summed E-state index contributed by atoms with van der Waals surface area (Å²) >= 11 is 0. The molecule has 0 spiro atoms. The van der Waals surface area contributed by atoms with Gasteiger partial charge in [-0.3, -0.25) is 0 Å². The van der Waals surface area contributed by atoms with E-state index in [0.29, 0.717) is 0 Å². The van der Waals surface area contributed by atoms with Crippen molar-refractivity contribution < 1.29 is 0 Å². The third-order valence-electron chi connectivity index (χ3n) is 2.27. The maximum absolute atomic E-state index is 2.16. The van der Waals surface area contributed by atoms with Crippen molar-refractivity contribution in [3.05, 3.63) is 35.9 Å². The third kappa shape index (κ3) is 2.35. The highest BCUT2D eigenvalue weighted by Crippen LogP contribution is 2.17. The first kappa shape index (κ1) is 9.85. The zero-order chi connectivity index (χ0) is 9.84. The Morgan fingerprint density at radius 3 is 2.08 bits per heavy atom. The standard InChI is InChI=1S/C12H17N/c1-5-10(2)11-6-8-12(9-7-11)13(3)4/h5-9H,1-4H3/b10-5+. The molecule has 0 saturated heterocycles. The molecule has 0 heterocycles. The molecule has 0 atom stereocenters. The van der Waals surface area contributed by atoms with Gasteiger partial charge in [-0.1, -0.05) is 18.2 Å². The normalized spacial score (nSPS) is 11.5. The van der Waals surface area contributed by atoms with Crippen molar-refractivity contribution in [2.45, 2.75) is 13.8 Å². The van der Waals surface area contributed by atoms with Crippen LogP contribution in [-0.4, -0.2) is 14.1 Å². The Balaban J connectivity index is 2.94. The Labute approximate surface area is 80.7 Å². The quantitative estimate of drug-likeness (QED) is 0.667. The van der Waals surface area contributed by atoms with Gasteiger partial charge in [-0.2, -0.15) is 0 Å².